The summed E-state index contributed by atoms with van der Waals surface area (Å²) in [6, 6.07) is 72.9. The van der Waals surface area contributed by atoms with Crippen LogP contribution in [0.25, 0.3) is 68.3 Å². The van der Waals surface area contributed by atoms with E-state index in [9.17, 15) is 0 Å². The van der Waals surface area contributed by atoms with E-state index < -0.39 is 0 Å². The van der Waals surface area contributed by atoms with Crippen molar-refractivity contribution in [2.45, 2.75) is 0 Å². The van der Waals surface area contributed by atoms with E-state index in [-0.39, 0.29) is 0 Å². The molecule has 0 saturated heterocycles. The van der Waals surface area contributed by atoms with Crippen LogP contribution in [-0.4, -0.2) is 41.3 Å². The highest BCUT2D eigenvalue weighted by Gasteiger charge is 2.21. The summed E-state index contributed by atoms with van der Waals surface area (Å²) >= 11 is 0. The summed E-state index contributed by atoms with van der Waals surface area (Å²) in [7, 11) is 0. The Hall–Kier alpha value is -8.88. The molecule has 64 heavy (non-hydrogen) atoms. The summed E-state index contributed by atoms with van der Waals surface area (Å²) in [4.78, 5) is 40.3. The number of fused-ring (bicyclic) bond motifs is 2. The predicted octanol–water partition coefficient (Wildman–Crippen LogP) is 12.7. The van der Waals surface area contributed by atoms with Gasteiger partial charge in [-0.25, -0.2) is 39.9 Å². The average Bonchev–Trinajstić information content (AvgIpc) is 3.38. The highest BCUT2D eigenvalue weighted by molar-refractivity contribution is 6.22. The molecule has 0 bridgehead atoms. The van der Waals surface area contributed by atoms with Crippen LogP contribution in [0.1, 0.15) is 22.3 Å². The first-order valence-corrected chi connectivity index (χ1v) is 21.0. The van der Waals surface area contributed by atoms with Gasteiger partial charge in [0.1, 0.15) is 0 Å². The van der Waals surface area contributed by atoms with Crippen molar-refractivity contribution in [1.82, 2.24) is 29.9 Å². The normalized spacial score (nSPS) is 13.6. The standard InChI is InChI=1S/C56H36N8/c1-5-17-39(18-6-1)51-59-52(40-19-7-2-8-20-40)62-55(61-51)43-33-29-37(30-34-43)49-45-25-13-15-27-47(45)58-50(46-26-14-16-28-48(46)57-49)38-31-35-44(36-32-38)56-63-53(41-21-9-3-10-22-41)60-54(64-56)42-23-11-4-12-24-42/h1-36H/b49-45?,50-46?,57-48?,57-49-,58-47?,58-50-. The molecule has 1 aliphatic rings. The van der Waals surface area contributed by atoms with Crippen LogP contribution < -0.4 is 0 Å². The summed E-state index contributed by atoms with van der Waals surface area (Å²) in [5, 5.41) is 0. The average molecular weight is 821 g/mol. The van der Waals surface area contributed by atoms with E-state index in [1.54, 1.807) is 0 Å². The second-order valence-electron chi connectivity index (χ2n) is 15.2. The Labute approximate surface area is 370 Å². The van der Waals surface area contributed by atoms with Crippen LogP contribution in [0.2, 0.25) is 0 Å². The Morgan fingerprint density at radius 3 is 0.688 bits per heavy atom. The number of hydrogen-bond acceptors (Lipinski definition) is 8. The van der Waals surface area contributed by atoms with Gasteiger partial charge in [0.15, 0.2) is 34.9 Å². The maximum absolute atomic E-state index is 5.41. The maximum Gasteiger partial charge on any atom is 0.164 e. The third kappa shape index (κ3) is 7.67. The lowest BCUT2D eigenvalue weighted by Crippen LogP contribution is -2.10. The molecule has 0 atom stereocenters. The molecule has 2 aromatic heterocycles. The van der Waals surface area contributed by atoms with Crippen LogP contribution >= 0.6 is 0 Å². The molecule has 10 aromatic rings. The molecule has 0 N–H and O–H groups in total. The van der Waals surface area contributed by atoms with Gasteiger partial charge in [0.2, 0.25) is 0 Å². The van der Waals surface area contributed by atoms with Gasteiger partial charge in [-0.1, -0.05) is 206 Å². The van der Waals surface area contributed by atoms with Crippen LogP contribution in [0, 0.1) is 0 Å². The largest absolute Gasteiger partial charge is 0.247 e. The smallest absolute Gasteiger partial charge is 0.164 e. The molecule has 8 nitrogen and oxygen atoms in total. The quantitative estimate of drug-likeness (QED) is 0.151. The number of para-hydroxylation sites is 2. The Kier molecular flexibility index (Phi) is 10.0. The summed E-state index contributed by atoms with van der Waals surface area (Å²) in [6.45, 7) is 0. The molecule has 11 rings (SSSR count). The fourth-order valence-electron chi connectivity index (χ4n) is 7.77. The number of benzene rings is 8. The van der Waals surface area contributed by atoms with Gasteiger partial charge in [-0.05, 0) is 12.1 Å². The van der Waals surface area contributed by atoms with Crippen molar-refractivity contribution < 1.29 is 0 Å². The van der Waals surface area contributed by atoms with Gasteiger partial charge in [0.25, 0.3) is 0 Å². The zero-order valence-corrected chi connectivity index (χ0v) is 34.4. The first-order valence-electron chi connectivity index (χ1n) is 21.0. The van der Waals surface area contributed by atoms with Crippen molar-refractivity contribution >= 4 is 22.8 Å². The Balaban J connectivity index is 0.959. The zero-order chi connectivity index (χ0) is 42.7. The van der Waals surface area contributed by atoms with E-state index in [4.69, 9.17) is 39.9 Å². The molecule has 8 heteroatoms. The second kappa shape index (κ2) is 16.9. The molecule has 0 saturated carbocycles. The van der Waals surface area contributed by atoms with Gasteiger partial charge in [0.05, 0.1) is 22.8 Å². The molecule has 8 aromatic carbocycles. The molecule has 1 aliphatic heterocycles. The maximum atomic E-state index is 5.41. The van der Waals surface area contributed by atoms with Crippen molar-refractivity contribution in [2.75, 3.05) is 0 Å². The van der Waals surface area contributed by atoms with Gasteiger partial charge in [-0.15, -0.1) is 0 Å². The van der Waals surface area contributed by atoms with Crippen molar-refractivity contribution in [3.63, 3.8) is 0 Å². The molecule has 3 heterocycles. The SMILES string of the molecule is c1ccc(-c2nc(-c3ccccc3)nc(-c3ccc(/C4=N/c5ccccc5/C(c5ccc(-c6nc(-c7ccccc7)nc(-c7ccccc7)n6)cc5)=N\c5ccccc54)cc3)n2)cc1. The van der Waals surface area contributed by atoms with Crippen LogP contribution in [0.4, 0.5) is 11.4 Å². The van der Waals surface area contributed by atoms with E-state index in [2.05, 4.69) is 60.7 Å². The molecule has 0 amide bonds. The topological polar surface area (TPSA) is 102 Å². The molecule has 0 radical (unpaired) electrons. The van der Waals surface area contributed by atoms with Crippen LogP contribution in [0.3, 0.4) is 0 Å². The number of rotatable bonds is 8. The third-order valence-electron chi connectivity index (χ3n) is 11.0. The Morgan fingerprint density at radius 2 is 0.406 bits per heavy atom. The monoisotopic (exact) mass is 820 g/mol. The van der Waals surface area contributed by atoms with E-state index in [1.165, 1.54) is 0 Å². The molecule has 300 valence electrons. The number of hydrogen-bond donors (Lipinski definition) is 0. The minimum atomic E-state index is 0.591. The summed E-state index contributed by atoms with van der Waals surface area (Å²) < 4.78 is 0. The molecular weight excluding hydrogens is 785 g/mol. The number of nitrogens with zero attached hydrogens (tertiary/aromatic N) is 8. The lowest BCUT2D eigenvalue weighted by molar-refractivity contribution is 1.07. The van der Waals surface area contributed by atoms with Crippen molar-refractivity contribution in [2.24, 2.45) is 9.98 Å². The summed E-state index contributed by atoms with van der Waals surface area (Å²) in [5.41, 5.74) is 12.4. The zero-order valence-electron chi connectivity index (χ0n) is 34.4. The van der Waals surface area contributed by atoms with Crippen LogP contribution in [0.15, 0.2) is 228 Å². The van der Waals surface area contributed by atoms with E-state index in [0.717, 1.165) is 78.4 Å². The van der Waals surface area contributed by atoms with Gasteiger partial charge in [-0.3, -0.25) is 0 Å². The minimum Gasteiger partial charge on any atom is -0.247 e. The number of aromatic nitrogens is 6. The Morgan fingerprint density at radius 1 is 0.188 bits per heavy atom. The fourth-order valence-corrected chi connectivity index (χ4v) is 7.77. The summed E-state index contributed by atoms with van der Waals surface area (Å²) in [5.74, 6) is 3.65. The van der Waals surface area contributed by atoms with Crippen LogP contribution in [0.5, 0.6) is 0 Å². The van der Waals surface area contributed by atoms with Crippen molar-refractivity contribution in [1.29, 1.82) is 0 Å². The van der Waals surface area contributed by atoms with Crippen molar-refractivity contribution in [3.8, 4) is 68.3 Å². The lowest BCUT2D eigenvalue weighted by Gasteiger charge is -2.18. The predicted molar refractivity (Wildman–Crippen MR) is 256 cm³/mol. The van der Waals surface area contributed by atoms with Gasteiger partial charge in [-0.2, -0.15) is 0 Å². The van der Waals surface area contributed by atoms with E-state index >= 15 is 0 Å². The molecule has 0 spiro atoms. The van der Waals surface area contributed by atoms with Gasteiger partial charge < -0.3 is 0 Å². The molecular formula is C56H36N8. The minimum absolute atomic E-state index is 0.591. The summed E-state index contributed by atoms with van der Waals surface area (Å²) in [6.07, 6.45) is 0. The fraction of sp³-hybridized carbons (Fsp3) is 0. The number of aliphatic imine (C=N–C) groups is 2. The van der Waals surface area contributed by atoms with Gasteiger partial charge >= 0.3 is 0 Å². The second-order valence-corrected chi connectivity index (χ2v) is 15.2. The van der Waals surface area contributed by atoms with Gasteiger partial charge in [0, 0.05) is 55.6 Å². The molecule has 0 fully saturated rings. The van der Waals surface area contributed by atoms with E-state index in [0.29, 0.717) is 34.9 Å². The molecule has 0 unspecified atom stereocenters. The molecule has 0 aliphatic carbocycles. The highest BCUT2D eigenvalue weighted by atomic mass is 15.0. The lowest BCUT2D eigenvalue weighted by atomic mass is 9.95. The first kappa shape index (κ1) is 38.1. The third-order valence-corrected chi connectivity index (χ3v) is 11.0. The van der Waals surface area contributed by atoms with E-state index in [1.807, 2.05) is 158 Å². The highest BCUT2D eigenvalue weighted by Crippen LogP contribution is 2.35. The first-order chi connectivity index (χ1) is 31.7. The Bertz CT molecular complexity index is 2990. The van der Waals surface area contributed by atoms with Crippen LogP contribution in [-0.2, 0) is 0 Å². The van der Waals surface area contributed by atoms with Crippen molar-refractivity contribution in [3.05, 3.63) is 241 Å².